The van der Waals surface area contributed by atoms with Crippen molar-refractivity contribution in [2.45, 2.75) is 19.3 Å². The molecule has 3 aromatic rings. The van der Waals surface area contributed by atoms with Crippen LogP contribution in [0.5, 0.6) is 5.75 Å². The Morgan fingerprint density at radius 2 is 2.18 bits per heavy atom. The number of methoxy groups -OCH3 is 1. The predicted octanol–water partition coefficient (Wildman–Crippen LogP) is 2.27. The van der Waals surface area contributed by atoms with Crippen LogP contribution in [0.1, 0.15) is 18.7 Å². The van der Waals surface area contributed by atoms with Gasteiger partial charge in [-0.1, -0.05) is 0 Å². The van der Waals surface area contributed by atoms with Crippen LogP contribution in [0.3, 0.4) is 0 Å². The predicted molar refractivity (Wildman–Crippen MR) is 82.9 cm³/mol. The first-order valence-corrected chi connectivity index (χ1v) is 7.34. The lowest BCUT2D eigenvalue weighted by molar-refractivity contribution is 0.419. The number of aromatic amines is 2. The highest BCUT2D eigenvalue weighted by atomic mass is 16.5. The summed E-state index contributed by atoms with van der Waals surface area (Å²) in [6.07, 6.45) is 6.77. The Morgan fingerprint density at radius 3 is 2.86 bits per heavy atom. The number of rotatable bonds is 4. The Labute approximate surface area is 126 Å². The Bertz CT molecular complexity index is 879. The highest BCUT2D eigenvalue weighted by Gasteiger charge is 2.23. The van der Waals surface area contributed by atoms with E-state index < -0.39 is 0 Å². The number of nitrogens with zero attached hydrogens (tertiary/aromatic N) is 2. The summed E-state index contributed by atoms with van der Waals surface area (Å²) < 4.78 is 5.45. The van der Waals surface area contributed by atoms with Gasteiger partial charge < -0.3 is 9.72 Å². The molecule has 1 saturated carbocycles. The molecule has 0 saturated heterocycles. The summed E-state index contributed by atoms with van der Waals surface area (Å²) >= 11 is 0. The van der Waals surface area contributed by atoms with Crippen LogP contribution in [0.15, 0.2) is 29.3 Å². The van der Waals surface area contributed by atoms with E-state index in [9.17, 15) is 4.79 Å². The number of ether oxygens (including phenoxy) is 1. The molecule has 6 nitrogen and oxygen atoms in total. The zero-order chi connectivity index (χ0) is 15.1. The van der Waals surface area contributed by atoms with Crippen LogP contribution in [-0.4, -0.2) is 27.3 Å². The van der Waals surface area contributed by atoms with E-state index in [0.717, 1.165) is 23.4 Å². The molecule has 4 rings (SSSR count). The zero-order valence-electron chi connectivity index (χ0n) is 12.2. The van der Waals surface area contributed by atoms with Crippen LogP contribution >= 0.6 is 0 Å². The lowest BCUT2D eigenvalue weighted by atomic mass is 10.1. The Morgan fingerprint density at radius 1 is 1.32 bits per heavy atom. The van der Waals surface area contributed by atoms with E-state index in [1.165, 1.54) is 12.8 Å². The molecule has 0 radical (unpaired) electrons. The maximum atomic E-state index is 12.4. The molecule has 0 atom stereocenters. The first kappa shape index (κ1) is 13.1. The van der Waals surface area contributed by atoms with Crippen molar-refractivity contribution in [1.29, 1.82) is 0 Å². The van der Waals surface area contributed by atoms with E-state index >= 15 is 0 Å². The van der Waals surface area contributed by atoms with Gasteiger partial charge in [0, 0.05) is 18.2 Å². The number of hydrogen-bond donors (Lipinski definition) is 2. The molecule has 0 spiro atoms. The minimum absolute atomic E-state index is 0.121. The average Bonchev–Trinajstić information content (AvgIpc) is 3.16. The van der Waals surface area contributed by atoms with Gasteiger partial charge in [-0.15, -0.1) is 0 Å². The standard InChI is InChI=1S/C16H16N4O2/c1-22-13-6-10(11-7-17-18-8-11)5-12-15(13)19-14(20-16(12)21)4-9-2-3-9/h5-9H,2-4H2,1H3,(H,17,18)(H,19,20,21). The van der Waals surface area contributed by atoms with Gasteiger partial charge in [0.05, 0.1) is 18.7 Å². The van der Waals surface area contributed by atoms with Crippen molar-refractivity contribution in [2.75, 3.05) is 7.11 Å². The topological polar surface area (TPSA) is 83.7 Å². The van der Waals surface area contributed by atoms with Gasteiger partial charge in [-0.2, -0.15) is 5.10 Å². The van der Waals surface area contributed by atoms with Crippen molar-refractivity contribution in [1.82, 2.24) is 20.2 Å². The van der Waals surface area contributed by atoms with Crippen LogP contribution < -0.4 is 10.3 Å². The quantitative estimate of drug-likeness (QED) is 0.773. The molecule has 1 aliphatic rings. The molecule has 2 N–H and O–H groups in total. The molecule has 0 aliphatic heterocycles. The highest BCUT2D eigenvalue weighted by molar-refractivity contribution is 5.89. The van der Waals surface area contributed by atoms with Crippen molar-refractivity contribution >= 4 is 10.9 Å². The van der Waals surface area contributed by atoms with Gasteiger partial charge in [0.2, 0.25) is 0 Å². The molecule has 1 aliphatic carbocycles. The third kappa shape index (κ3) is 2.26. The van der Waals surface area contributed by atoms with E-state index in [2.05, 4.69) is 20.2 Å². The maximum Gasteiger partial charge on any atom is 0.258 e. The molecule has 0 unspecified atom stereocenters. The molecule has 1 fully saturated rings. The fraction of sp³-hybridized carbons (Fsp3) is 0.312. The normalized spacial score (nSPS) is 14.4. The molecule has 0 amide bonds. The Balaban J connectivity index is 1.91. The van der Waals surface area contributed by atoms with E-state index in [0.29, 0.717) is 22.6 Å². The van der Waals surface area contributed by atoms with Gasteiger partial charge in [0.1, 0.15) is 17.1 Å². The van der Waals surface area contributed by atoms with Crippen LogP contribution in [0, 0.1) is 5.92 Å². The van der Waals surface area contributed by atoms with E-state index in [-0.39, 0.29) is 5.56 Å². The first-order chi connectivity index (χ1) is 10.7. The molecule has 1 aromatic carbocycles. The minimum atomic E-state index is -0.121. The van der Waals surface area contributed by atoms with Crippen LogP contribution in [-0.2, 0) is 6.42 Å². The smallest absolute Gasteiger partial charge is 0.258 e. The number of hydrogen-bond acceptors (Lipinski definition) is 4. The molecule has 2 heterocycles. The monoisotopic (exact) mass is 296 g/mol. The zero-order valence-corrected chi connectivity index (χ0v) is 12.2. The van der Waals surface area contributed by atoms with Crippen molar-refractivity contribution in [3.8, 4) is 16.9 Å². The van der Waals surface area contributed by atoms with Crippen LogP contribution in [0.25, 0.3) is 22.0 Å². The molecular formula is C16H16N4O2. The van der Waals surface area contributed by atoms with Gasteiger partial charge in [-0.25, -0.2) is 4.98 Å². The summed E-state index contributed by atoms with van der Waals surface area (Å²) in [5, 5.41) is 7.25. The third-order valence-electron chi connectivity index (χ3n) is 4.05. The summed E-state index contributed by atoms with van der Waals surface area (Å²) in [7, 11) is 1.59. The number of fused-ring (bicyclic) bond motifs is 1. The van der Waals surface area contributed by atoms with Gasteiger partial charge >= 0.3 is 0 Å². The van der Waals surface area contributed by atoms with Crippen LogP contribution in [0.4, 0.5) is 0 Å². The summed E-state index contributed by atoms with van der Waals surface area (Å²) in [6.45, 7) is 0. The molecular weight excluding hydrogens is 280 g/mol. The average molecular weight is 296 g/mol. The summed E-state index contributed by atoms with van der Waals surface area (Å²) in [5.74, 6) is 2.02. The Kier molecular flexibility index (Phi) is 2.96. The fourth-order valence-electron chi connectivity index (χ4n) is 2.68. The van der Waals surface area contributed by atoms with Crippen LogP contribution in [0.2, 0.25) is 0 Å². The molecule has 0 bridgehead atoms. The summed E-state index contributed by atoms with van der Waals surface area (Å²) in [5.41, 5.74) is 2.28. The third-order valence-corrected chi connectivity index (χ3v) is 4.05. The van der Waals surface area contributed by atoms with E-state index in [1.54, 1.807) is 19.5 Å². The lowest BCUT2D eigenvalue weighted by Crippen LogP contribution is -2.13. The maximum absolute atomic E-state index is 12.4. The Hall–Kier alpha value is -2.63. The first-order valence-electron chi connectivity index (χ1n) is 7.34. The number of nitrogens with one attached hydrogen (secondary N) is 2. The largest absolute Gasteiger partial charge is 0.494 e. The molecule has 6 heteroatoms. The second kappa shape index (κ2) is 4.98. The van der Waals surface area contributed by atoms with Crippen molar-refractivity contribution < 1.29 is 4.74 Å². The van der Waals surface area contributed by atoms with E-state index in [1.807, 2.05) is 12.1 Å². The second-order valence-electron chi connectivity index (χ2n) is 5.72. The van der Waals surface area contributed by atoms with E-state index in [4.69, 9.17) is 4.74 Å². The highest BCUT2D eigenvalue weighted by Crippen LogP contribution is 2.33. The van der Waals surface area contributed by atoms with Gasteiger partial charge in [-0.05, 0) is 36.5 Å². The second-order valence-corrected chi connectivity index (χ2v) is 5.72. The molecule has 2 aromatic heterocycles. The van der Waals surface area contributed by atoms with Crippen molar-refractivity contribution in [2.24, 2.45) is 5.92 Å². The summed E-state index contributed by atoms with van der Waals surface area (Å²) in [6, 6.07) is 3.72. The summed E-state index contributed by atoms with van der Waals surface area (Å²) in [4.78, 5) is 19.9. The van der Waals surface area contributed by atoms with Gasteiger partial charge in [-0.3, -0.25) is 9.89 Å². The molecule has 22 heavy (non-hydrogen) atoms. The minimum Gasteiger partial charge on any atom is -0.494 e. The van der Waals surface area contributed by atoms with Crippen molar-refractivity contribution in [3.05, 3.63) is 40.7 Å². The lowest BCUT2D eigenvalue weighted by Gasteiger charge is -2.09. The number of aromatic nitrogens is 4. The van der Waals surface area contributed by atoms with Gasteiger partial charge in [0.25, 0.3) is 5.56 Å². The molecule has 112 valence electrons. The fourth-order valence-corrected chi connectivity index (χ4v) is 2.68. The van der Waals surface area contributed by atoms with Crippen molar-refractivity contribution in [3.63, 3.8) is 0 Å². The number of benzene rings is 1. The van der Waals surface area contributed by atoms with Gasteiger partial charge in [0.15, 0.2) is 0 Å². The SMILES string of the molecule is COc1cc(-c2cn[nH]c2)cc2c(=O)[nH]c(CC3CC3)nc12. The number of H-pyrrole nitrogens is 2.